The summed E-state index contributed by atoms with van der Waals surface area (Å²) in [7, 11) is 0. The van der Waals surface area contributed by atoms with Crippen LogP contribution in [0.4, 0.5) is 34.1 Å². The van der Waals surface area contributed by atoms with E-state index in [1.807, 2.05) is 0 Å². The van der Waals surface area contributed by atoms with Crippen LogP contribution in [-0.2, 0) is 0 Å². The molecule has 174 valence electrons. The van der Waals surface area contributed by atoms with Crippen molar-refractivity contribution in [2.45, 2.75) is 0 Å². The molecule has 7 aromatic rings. The van der Waals surface area contributed by atoms with E-state index in [0.29, 0.717) is 100 Å². The molecule has 0 amide bonds. The van der Waals surface area contributed by atoms with Crippen LogP contribution in [0.3, 0.4) is 0 Å². The van der Waals surface area contributed by atoms with Gasteiger partial charge in [0.1, 0.15) is 33.1 Å². The number of rotatable bonds is 0. The standard InChI is InChI=1S/C24H18N12/c25-7-1-13-14(2-8(7)26)32-20-19(31-13)21-23(35-16-4-10(28)9(27)3-15(16)33-21)24-22(20)34-17-5-11(29)12(30)6-18(17)36-24/h1-6H,25-30H2. The molecule has 0 spiro atoms. The lowest BCUT2D eigenvalue weighted by atomic mass is 10.1. The highest BCUT2D eigenvalue weighted by atomic mass is 14.9. The number of anilines is 6. The molecule has 3 heterocycles. The van der Waals surface area contributed by atoms with Crippen molar-refractivity contribution in [1.82, 2.24) is 29.9 Å². The maximum Gasteiger partial charge on any atom is 0.120 e. The predicted molar refractivity (Wildman–Crippen MR) is 145 cm³/mol. The Bertz CT molecular complexity index is 1700. The Labute approximate surface area is 201 Å². The van der Waals surface area contributed by atoms with Gasteiger partial charge in [-0.2, -0.15) is 0 Å². The lowest BCUT2D eigenvalue weighted by molar-refractivity contribution is 1.34. The topological polar surface area (TPSA) is 233 Å². The molecule has 12 heteroatoms. The zero-order valence-electron chi connectivity index (χ0n) is 18.6. The van der Waals surface area contributed by atoms with Crippen molar-refractivity contribution in [2.24, 2.45) is 0 Å². The van der Waals surface area contributed by atoms with Gasteiger partial charge in [0.25, 0.3) is 0 Å². The molecule has 0 bridgehead atoms. The van der Waals surface area contributed by atoms with E-state index in [0.717, 1.165) is 0 Å². The van der Waals surface area contributed by atoms with Crippen molar-refractivity contribution in [3.05, 3.63) is 36.4 Å². The molecule has 0 aliphatic carbocycles. The highest BCUT2D eigenvalue weighted by molar-refractivity contribution is 6.21. The van der Waals surface area contributed by atoms with Crippen LogP contribution >= 0.6 is 0 Å². The fourth-order valence-electron chi connectivity index (χ4n) is 4.40. The second-order valence-electron chi connectivity index (χ2n) is 8.67. The molecule has 0 atom stereocenters. The fraction of sp³-hybridized carbons (Fsp3) is 0. The summed E-state index contributed by atoms with van der Waals surface area (Å²) < 4.78 is 0. The SMILES string of the molecule is Nc1cc2nc3c4nc5cc(N)c(N)cc5nc4c4nc5cc(N)c(N)cc5nc4c3nc2cc1N. The van der Waals surface area contributed by atoms with Gasteiger partial charge in [-0.05, 0) is 36.4 Å². The van der Waals surface area contributed by atoms with Gasteiger partial charge in [0.05, 0.1) is 67.2 Å². The average Bonchev–Trinajstić information content (AvgIpc) is 2.84. The largest absolute Gasteiger partial charge is 0.397 e. The first-order valence-corrected chi connectivity index (χ1v) is 10.9. The van der Waals surface area contributed by atoms with Gasteiger partial charge < -0.3 is 34.4 Å². The first kappa shape index (κ1) is 19.9. The summed E-state index contributed by atoms with van der Waals surface area (Å²) in [6.45, 7) is 0. The molecule has 0 fully saturated rings. The number of hydrogen-bond acceptors (Lipinski definition) is 12. The van der Waals surface area contributed by atoms with Crippen molar-refractivity contribution >= 4 is 100 Å². The Balaban J connectivity index is 1.76. The zero-order chi connectivity index (χ0) is 24.9. The smallest absolute Gasteiger partial charge is 0.120 e. The molecule has 0 aliphatic rings. The molecule has 7 rings (SSSR count). The Morgan fingerprint density at radius 1 is 0.278 bits per heavy atom. The van der Waals surface area contributed by atoms with Gasteiger partial charge in [0.2, 0.25) is 0 Å². The lowest BCUT2D eigenvalue weighted by Gasteiger charge is -2.12. The normalized spacial score (nSPS) is 12.0. The van der Waals surface area contributed by atoms with Gasteiger partial charge in [-0.25, -0.2) is 29.9 Å². The molecule has 4 aromatic carbocycles. The molecule has 36 heavy (non-hydrogen) atoms. The van der Waals surface area contributed by atoms with Crippen LogP contribution in [0.25, 0.3) is 66.2 Å². The van der Waals surface area contributed by atoms with Gasteiger partial charge in [-0.15, -0.1) is 0 Å². The highest BCUT2D eigenvalue weighted by Crippen LogP contribution is 2.35. The number of nitrogens with zero attached hydrogens (tertiary/aromatic N) is 6. The van der Waals surface area contributed by atoms with Crippen LogP contribution in [0.5, 0.6) is 0 Å². The molecule has 0 aliphatic heterocycles. The Hall–Kier alpha value is -5.52. The summed E-state index contributed by atoms with van der Waals surface area (Å²) in [6, 6.07) is 10.1. The molecule has 3 aromatic heterocycles. The lowest BCUT2D eigenvalue weighted by Crippen LogP contribution is -2.02. The van der Waals surface area contributed by atoms with Gasteiger partial charge in [0, 0.05) is 0 Å². The van der Waals surface area contributed by atoms with Crippen molar-refractivity contribution in [1.29, 1.82) is 0 Å². The first-order valence-electron chi connectivity index (χ1n) is 10.9. The minimum Gasteiger partial charge on any atom is -0.397 e. The third kappa shape index (κ3) is 2.63. The van der Waals surface area contributed by atoms with Gasteiger partial charge in [0.15, 0.2) is 0 Å². The van der Waals surface area contributed by atoms with E-state index in [-0.39, 0.29) is 0 Å². The van der Waals surface area contributed by atoms with Crippen molar-refractivity contribution in [3.8, 4) is 0 Å². The zero-order valence-corrected chi connectivity index (χ0v) is 18.6. The first-order chi connectivity index (χ1) is 17.3. The summed E-state index contributed by atoms with van der Waals surface area (Å²) in [6.07, 6.45) is 0. The highest BCUT2D eigenvalue weighted by Gasteiger charge is 2.20. The van der Waals surface area contributed by atoms with Crippen LogP contribution < -0.4 is 34.4 Å². The van der Waals surface area contributed by atoms with Crippen molar-refractivity contribution < 1.29 is 0 Å². The molecular formula is C24H18N12. The minimum absolute atomic E-state index is 0.403. The molecule has 0 radical (unpaired) electrons. The number of hydrogen-bond donors (Lipinski definition) is 6. The maximum absolute atomic E-state index is 6.04. The molecule has 0 saturated heterocycles. The van der Waals surface area contributed by atoms with E-state index < -0.39 is 0 Å². The van der Waals surface area contributed by atoms with E-state index >= 15 is 0 Å². The van der Waals surface area contributed by atoms with Crippen LogP contribution in [0, 0.1) is 0 Å². The summed E-state index contributed by atoms with van der Waals surface area (Å²) in [5.74, 6) is 0. The number of aromatic nitrogens is 6. The van der Waals surface area contributed by atoms with E-state index in [4.69, 9.17) is 64.3 Å². The average molecular weight is 474 g/mol. The summed E-state index contributed by atoms with van der Waals surface area (Å²) in [5, 5.41) is 0. The second kappa shape index (κ2) is 6.54. The van der Waals surface area contributed by atoms with Crippen LogP contribution in [0.1, 0.15) is 0 Å². The fourth-order valence-corrected chi connectivity index (χ4v) is 4.40. The van der Waals surface area contributed by atoms with Gasteiger partial charge in [-0.3, -0.25) is 0 Å². The Morgan fingerprint density at radius 3 is 0.556 bits per heavy atom. The minimum atomic E-state index is 0.403. The molecule has 0 saturated carbocycles. The third-order valence-corrected chi connectivity index (χ3v) is 6.28. The van der Waals surface area contributed by atoms with Crippen LogP contribution in [0.2, 0.25) is 0 Å². The van der Waals surface area contributed by atoms with Crippen molar-refractivity contribution in [3.63, 3.8) is 0 Å². The van der Waals surface area contributed by atoms with Crippen LogP contribution in [0.15, 0.2) is 36.4 Å². The van der Waals surface area contributed by atoms with Gasteiger partial charge in [-0.1, -0.05) is 0 Å². The molecule has 12 N–H and O–H groups in total. The number of fused-ring (bicyclic) bond motifs is 9. The number of nitrogen functional groups attached to an aromatic ring is 6. The third-order valence-electron chi connectivity index (χ3n) is 6.28. The van der Waals surface area contributed by atoms with E-state index in [1.54, 1.807) is 36.4 Å². The van der Waals surface area contributed by atoms with E-state index in [9.17, 15) is 0 Å². The maximum atomic E-state index is 6.04. The van der Waals surface area contributed by atoms with Crippen LogP contribution in [-0.4, -0.2) is 29.9 Å². The Kier molecular flexibility index (Phi) is 3.61. The number of nitrogens with two attached hydrogens (primary N) is 6. The monoisotopic (exact) mass is 474 g/mol. The quantitative estimate of drug-likeness (QED) is 0.106. The molecule has 12 nitrogen and oxygen atoms in total. The molecule has 0 unspecified atom stereocenters. The van der Waals surface area contributed by atoms with Crippen molar-refractivity contribution in [2.75, 3.05) is 34.4 Å². The van der Waals surface area contributed by atoms with E-state index in [2.05, 4.69) is 0 Å². The number of benzene rings is 4. The summed E-state index contributed by atoms with van der Waals surface area (Å²) in [5.41, 5.74) is 44.9. The summed E-state index contributed by atoms with van der Waals surface area (Å²) in [4.78, 5) is 29.1. The van der Waals surface area contributed by atoms with E-state index in [1.165, 1.54) is 0 Å². The molecular weight excluding hydrogens is 456 g/mol. The predicted octanol–water partition coefficient (Wildman–Crippen LogP) is 2.47. The van der Waals surface area contributed by atoms with Gasteiger partial charge >= 0.3 is 0 Å². The second-order valence-corrected chi connectivity index (χ2v) is 8.67. The Morgan fingerprint density at radius 2 is 0.417 bits per heavy atom. The summed E-state index contributed by atoms with van der Waals surface area (Å²) >= 11 is 0.